The summed E-state index contributed by atoms with van der Waals surface area (Å²) in [5, 5.41) is 6.86. The molecule has 11 heteroatoms. The zero-order chi connectivity index (χ0) is 34.1. The number of benzene rings is 2. The van der Waals surface area contributed by atoms with Gasteiger partial charge in [0.05, 0.1) is 6.61 Å². The average Bonchev–Trinajstić information content (AvgIpc) is 3.05. The molecule has 0 saturated carbocycles. The minimum Gasteiger partial charge on any atom is -0.494 e. The van der Waals surface area contributed by atoms with E-state index in [0.29, 0.717) is 35.8 Å². The molecule has 268 valence electrons. The zero-order valence-electron chi connectivity index (χ0n) is 30.0. The Morgan fingerprint density at radius 3 is 2.18 bits per heavy atom. The van der Waals surface area contributed by atoms with Gasteiger partial charge in [0, 0.05) is 41.6 Å². The maximum absolute atomic E-state index is 14.3. The Kier molecular flexibility index (Phi) is 16.4. The number of amides is 2. The van der Waals surface area contributed by atoms with Crippen molar-refractivity contribution in [3.63, 3.8) is 0 Å². The van der Waals surface area contributed by atoms with Gasteiger partial charge in [-0.15, -0.1) is 24.8 Å². The summed E-state index contributed by atoms with van der Waals surface area (Å²) in [5.74, 6) is 0.943. The summed E-state index contributed by atoms with van der Waals surface area (Å²) in [6.45, 7) is 18.7. The number of unbranched alkanes of at least 4 members (excludes halogenated alkanes) is 1. The maximum atomic E-state index is 14.3. The summed E-state index contributed by atoms with van der Waals surface area (Å²) < 4.78 is 7.85. The molecule has 4 N–H and O–H groups in total. The van der Waals surface area contributed by atoms with Gasteiger partial charge in [-0.1, -0.05) is 67.0 Å². The Bertz CT molecular complexity index is 1710. The summed E-state index contributed by atoms with van der Waals surface area (Å²) in [6, 6.07) is 14.8. The standard InChI is InChI=1S/C38H52N6O3.2ClH/c1-8-11-20-44-36-30(17-13-18-40-36)33(27-15-12-16-29(22-27)47-21-14-19-43(9-2)10-3)35(37(44)45)42-38(46)41-34-31(25(4)5)23-28(39)24-32(34)26(6)7;;/h12-13,15-18,22-26H,8-11,14,19-21,39H2,1-7H3,(H2,41,42,46);2*1H. The highest BCUT2D eigenvalue weighted by atomic mass is 35.5. The molecule has 0 aliphatic rings. The Morgan fingerprint density at radius 2 is 1.57 bits per heavy atom. The van der Waals surface area contributed by atoms with Crippen LogP contribution in [0.1, 0.15) is 90.7 Å². The number of halogens is 2. The number of rotatable bonds is 15. The maximum Gasteiger partial charge on any atom is 0.323 e. The molecule has 0 fully saturated rings. The highest BCUT2D eigenvalue weighted by Gasteiger charge is 2.23. The molecule has 0 aliphatic heterocycles. The third kappa shape index (κ3) is 10.1. The van der Waals surface area contributed by atoms with Gasteiger partial charge in [-0.2, -0.15) is 0 Å². The molecule has 0 unspecified atom stereocenters. The second kappa shape index (κ2) is 19.4. The highest BCUT2D eigenvalue weighted by molar-refractivity contribution is 6.08. The number of ether oxygens (including phenoxy) is 1. The summed E-state index contributed by atoms with van der Waals surface area (Å²) in [5.41, 5.74) is 11.4. The van der Waals surface area contributed by atoms with E-state index in [1.807, 2.05) is 48.5 Å². The number of fused-ring (bicyclic) bond motifs is 1. The number of nitrogens with one attached hydrogen (secondary N) is 2. The van der Waals surface area contributed by atoms with Crippen molar-refractivity contribution in [2.45, 2.75) is 86.1 Å². The number of urea groups is 1. The van der Waals surface area contributed by atoms with Gasteiger partial charge in [-0.25, -0.2) is 9.78 Å². The van der Waals surface area contributed by atoms with Gasteiger partial charge in [0.2, 0.25) is 0 Å². The van der Waals surface area contributed by atoms with Crippen molar-refractivity contribution in [1.29, 1.82) is 0 Å². The number of hydrogen-bond acceptors (Lipinski definition) is 6. The molecule has 0 bridgehead atoms. The average molecular weight is 714 g/mol. The van der Waals surface area contributed by atoms with E-state index in [0.717, 1.165) is 66.7 Å². The first kappa shape index (κ1) is 41.4. The van der Waals surface area contributed by atoms with Gasteiger partial charge in [0.15, 0.2) is 0 Å². The van der Waals surface area contributed by atoms with Crippen LogP contribution in [-0.2, 0) is 6.54 Å². The lowest BCUT2D eigenvalue weighted by Gasteiger charge is -2.22. The van der Waals surface area contributed by atoms with Crippen molar-refractivity contribution in [2.24, 2.45) is 0 Å². The van der Waals surface area contributed by atoms with Crippen molar-refractivity contribution >= 4 is 58.9 Å². The predicted octanol–water partition coefficient (Wildman–Crippen LogP) is 9.29. The summed E-state index contributed by atoms with van der Waals surface area (Å²) in [6.07, 6.45) is 4.31. The highest BCUT2D eigenvalue weighted by Crippen LogP contribution is 2.37. The Hall–Kier alpha value is -3.79. The molecule has 4 aromatic rings. The largest absolute Gasteiger partial charge is 0.494 e. The van der Waals surface area contributed by atoms with Gasteiger partial charge in [0.25, 0.3) is 5.56 Å². The van der Waals surface area contributed by atoms with Crippen LogP contribution in [0, 0.1) is 0 Å². The van der Waals surface area contributed by atoms with Crippen molar-refractivity contribution in [2.75, 3.05) is 42.6 Å². The molecule has 2 heterocycles. The van der Waals surface area contributed by atoms with Gasteiger partial charge < -0.3 is 26.0 Å². The Balaban J connectivity index is 0.00000417. The number of nitrogens with zero attached hydrogens (tertiary/aromatic N) is 3. The fraction of sp³-hybridized carbons (Fsp3) is 0.447. The number of pyridine rings is 2. The second-order valence-electron chi connectivity index (χ2n) is 12.7. The van der Waals surface area contributed by atoms with Gasteiger partial charge >= 0.3 is 6.03 Å². The van der Waals surface area contributed by atoms with E-state index < -0.39 is 6.03 Å². The third-order valence-corrected chi connectivity index (χ3v) is 8.60. The molecule has 49 heavy (non-hydrogen) atoms. The molecule has 9 nitrogen and oxygen atoms in total. The number of aryl methyl sites for hydroxylation is 1. The van der Waals surface area contributed by atoms with Crippen LogP contribution in [0.15, 0.2) is 59.5 Å². The fourth-order valence-corrected chi connectivity index (χ4v) is 6.00. The van der Waals surface area contributed by atoms with Crippen molar-refractivity contribution in [3.8, 4) is 16.9 Å². The van der Waals surface area contributed by atoms with E-state index >= 15 is 0 Å². The lowest BCUT2D eigenvalue weighted by Crippen LogP contribution is -2.30. The Morgan fingerprint density at radius 1 is 0.918 bits per heavy atom. The molecule has 2 amide bonds. The second-order valence-corrected chi connectivity index (χ2v) is 12.7. The van der Waals surface area contributed by atoms with Crippen LogP contribution in [0.3, 0.4) is 0 Å². The van der Waals surface area contributed by atoms with Crippen molar-refractivity contribution in [3.05, 3.63) is 76.2 Å². The molecule has 0 aliphatic carbocycles. The third-order valence-electron chi connectivity index (χ3n) is 8.60. The number of nitrogen functional groups attached to an aromatic ring is 1. The lowest BCUT2D eigenvalue weighted by atomic mass is 9.92. The molecule has 2 aromatic heterocycles. The number of carbonyl (C=O) groups excluding carboxylic acids is 1. The van der Waals surface area contributed by atoms with Crippen LogP contribution < -0.4 is 26.7 Å². The minimum absolute atomic E-state index is 0. The van der Waals surface area contributed by atoms with Crippen LogP contribution in [0.25, 0.3) is 22.2 Å². The smallest absolute Gasteiger partial charge is 0.323 e. The molecule has 0 spiro atoms. The zero-order valence-corrected chi connectivity index (χ0v) is 31.6. The quantitative estimate of drug-likeness (QED) is 0.0836. The van der Waals surface area contributed by atoms with E-state index in [1.165, 1.54) is 0 Å². The van der Waals surface area contributed by atoms with Crippen molar-refractivity contribution in [1.82, 2.24) is 14.5 Å². The first-order valence-electron chi connectivity index (χ1n) is 17.1. The Labute approximate surface area is 303 Å². The number of aromatic nitrogens is 2. The molecule has 0 saturated heterocycles. The summed E-state index contributed by atoms with van der Waals surface area (Å²) >= 11 is 0. The number of nitrogens with two attached hydrogens (primary N) is 1. The van der Waals surface area contributed by atoms with E-state index in [-0.39, 0.29) is 47.9 Å². The van der Waals surface area contributed by atoms with E-state index in [2.05, 4.69) is 69.0 Å². The van der Waals surface area contributed by atoms with Crippen molar-refractivity contribution < 1.29 is 9.53 Å². The van der Waals surface area contributed by atoms with Crippen LogP contribution in [0.2, 0.25) is 0 Å². The van der Waals surface area contributed by atoms with Crippen LogP contribution in [0.4, 0.5) is 21.9 Å². The SMILES string of the molecule is CCCCn1c(=O)c(NC(=O)Nc2c(C(C)C)cc(N)cc2C(C)C)c(-c2cccc(OCCCN(CC)CC)c2)c2cccnc21.Cl.Cl. The molecule has 0 atom stereocenters. The molecule has 0 radical (unpaired) electrons. The topological polar surface area (TPSA) is 115 Å². The normalized spacial score (nSPS) is 11.1. The van der Waals surface area contributed by atoms with Gasteiger partial charge in [-0.3, -0.25) is 9.36 Å². The number of carbonyl (C=O) groups is 1. The predicted molar refractivity (Wildman–Crippen MR) is 210 cm³/mol. The van der Waals surface area contributed by atoms with E-state index in [1.54, 1.807) is 10.8 Å². The molecule has 2 aromatic carbocycles. The summed E-state index contributed by atoms with van der Waals surface area (Å²) in [4.78, 5) is 35.2. The van der Waals surface area contributed by atoms with E-state index in [4.69, 9.17) is 10.5 Å². The fourth-order valence-electron chi connectivity index (χ4n) is 6.00. The number of hydrogen-bond donors (Lipinski definition) is 3. The van der Waals surface area contributed by atoms with Crippen LogP contribution >= 0.6 is 24.8 Å². The first-order valence-corrected chi connectivity index (χ1v) is 17.1. The number of anilines is 3. The van der Waals surface area contributed by atoms with Gasteiger partial charge in [0.1, 0.15) is 17.1 Å². The minimum atomic E-state index is -0.494. The van der Waals surface area contributed by atoms with Gasteiger partial charge in [-0.05, 0) is 90.9 Å². The van der Waals surface area contributed by atoms with Crippen LogP contribution in [-0.4, -0.2) is 46.7 Å². The van der Waals surface area contributed by atoms with E-state index in [9.17, 15) is 9.59 Å². The first-order chi connectivity index (χ1) is 22.6. The molecular weight excluding hydrogens is 659 g/mol. The molecular formula is C38H54Cl2N6O3. The lowest BCUT2D eigenvalue weighted by molar-refractivity contribution is 0.249. The molecule has 4 rings (SSSR count). The summed E-state index contributed by atoms with van der Waals surface area (Å²) in [7, 11) is 0. The monoisotopic (exact) mass is 712 g/mol. The van der Waals surface area contributed by atoms with Crippen LogP contribution in [0.5, 0.6) is 5.75 Å².